The quantitative estimate of drug-likeness (QED) is 0.0904. The number of aromatic nitrogens is 2. The zero-order valence-electron chi connectivity index (χ0n) is 43.3. The molecule has 0 atom stereocenters. The van der Waals surface area contributed by atoms with Crippen LogP contribution < -0.4 is 52.9 Å². The molecule has 4 nitrogen and oxygen atoms in total. The van der Waals surface area contributed by atoms with Crippen LogP contribution in [-0.2, 0) is 19.8 Å². The molecule has 0 saturated carbocycles. The fraction of sp³-hybridized carbons (Fsp3) is 0. The van der Waals surface area contributed by atoms with Gasteiger partial charge in [-0.3, -0.25) is 0 Å². The molecule has 9 heteroatoms. The maximum Gasteiger partial charge on any atom is 4.00 e. The number of nitrogens with zero attached hydrogens (tertiary/aromatic N) is 4. The van der Waals surface area contributed by atoms with Crippen molar-refractivity contribution in [1.29, 1.82) is 0 Å². The van der Waals surface area contributed by atoms with Gasteiger partial charge in [0.1, 0.15) is 65.7 Å². The first kappa shape index (κ1) is 54.8. The Morgan fingerprint density at radius 3 is 0.684 bits per heavy atom. The summed E-state index contributed by atoms with van der Waals surface area (Å²) in [7, 11) is -3.86. The molecule has 380 valence electrons. The average Bonchev–Trinajstić information content (AvgIpc) is 3.58. The molecule has 2 aliphatic heterocycles. The summed E-state index contributed by atoms with van der Waals surface area (Å²) in [6.45, 7) is 0. The number of allylic oxidation sites excluding steroid dienone is 2. The SMILES string of the molecule is C(=C[PH+](c1ccccc1)c1ccccc1)[PH+](c1ccccc1)c1ccccc1.C(=C[PH+](c1ccccc1)c1ccccc1)[PH+](c1ccccc1)c1ccccc1.C1=C[N-]c2c3c(c4nc5ccccc5nc4c2=C1)=CC=C[N-]3.[Os+4]. The van der Waals surface area contributed by atoms with Crippen molar-refractivity contribution in [3.05, 3.63) is 336 Å². The van der Waals surface area contributed by atoms with Gasteiger partial charge in [0.2, 0.25) is 0 Å². The van der Waals surface area contributed by atoms with Gasteiger partial charge in [-0.1, -0.05) is 182 Å². The van der Waals surface area contributed by atoms with Crippen molar-refractivity contribution in [3.8, 4) is 0 Å². The molecular formula is C70H58N4OsP4+6. The molecule has 1 aromatic heterocycles. The van der Waals surface area contributed by atoms with Crippen molar-refractivity contribution in [1.82, 2.24) is 9.97 Å². The van der Waals surface area contributed by atoms with E-state index in [1.54, 1.807) is 12.4 Å². The Morgan fingerprint density at radius 2 is 0.468 bits per heavy atom. The van der Waals surface area contributed by atoms with E-state index in [9.17, 15) is 0 Å². The van der Waals surface area contributed by atoms with Crippen LogP contribution in [0.4, 0.5) is 11.4 Å². The van der Waals surface area contributed by atoms with Gasteiger partial charge < -0.3 is 10.6 Å². The van der Waals surface area contributed by atoms with Gasteiger partial charge in [-0.15, -0.1) is 11.4 Å². The van der Waals surface area contributed by atoms with Crippen LogP contribution in [0.15, 0.2) is 315 Å². The predicted octanol–water partition coefficient (Wildman–Crippen LogP) is 13.8. The van der Waals surface area contributed by atoms with Crippen molar-refractivity contribution in [2.24, 2.45) is 0 Å². The molecule has 0 aliphatic carbocycles. The standard InChI is InChI=1S/2C26H22P2.C18H10N4.Os/c2*1-5-13-23(14-6-1)27(24-15-7-2-8-16-24)21-22-28(25-17-9-3-10-18-25)26-19-11-4-12-20-26;1-2-8-14-13(7-1)21-17-11-5-3-9-19-15(11)16-12(18(17)22-14)6-4-10-20-16;/h2*1-22H;1-10H;/q;;-2;+4/p+4. The molecule has 79 heavy (non-hydrogen) atoms. The molecule has 0 amide bonds. The van der Waals surface area contributed by atoms with Crippen molar-refractivity contribution < 1.29 is 19.8 Å². The molecule has 0 N–H and O–H groups in total. The fourth-order valence-electron chi connectivity index (χ4n) is 9.66. The van der Waals surface area contributed by atoms with Crippen molar-refractivity contribution in [2.45, 2.75) is 0 Å². The monoisotopic (exact) mass is 1270 g/mol. The topological polar surface area (TPSA) is 54.0 Å². The molecule has 0 bridgehead atoms. The number of hydrogen-bond acceptors (Lipinski definition) is 2. The number of rotatable bonds is 12. The second-order valence-electron chi connectivity index (χ2n) is 18.5. The molecule has 10 aromatic carbocycles. The predicted molar refractivity (Wildman–Crippen MR) is 350 cm³/mol. The molecule has 2 aliphatic rings. The Morgan fingerprint density at radius 1 is 0.266 bits per heavy atom. The van der Waals surface area contributed by atoms with E-state index in [2.05, 4.69) is 277 Å². The smallest absolute Gasteiger partial charge is 0.665 e. The summed E-state index contributed by atoms with van der Waals surface area (Å²) < 4.78 is 0. The van der Waals surface area contributed by atoms with Gasteiger partial charge in [0, 0.05) is 0 Å². The van der Waals surface area contributed by atoms with Crippen LogP contribution in [-0.4, -0.2) is 9.97 Å². The minimum atomic E-state index is -0.964. The minimum absolute atomic E-state index is 0. The summed E-state index contributed by atoms with van der Waals surface area (Å²) in [6, 6.07) is 95.4. The molecule has 0 radical (unpaired) electrons. The first-order valence-electron chi connectivity index (χ1n) is 26.2. The molecular weight excluding hydrogens is 1210 g/mol. The van der Waals surface area contributed by atoms with Crippen LogP contribution in [0.1, 0.15) is 0 Å². The van der Waals surface area contributed by atoms with E-state index in [0.717, 1.165) is 43.9 Å². The average molecular weight is 1270 g/mol. The number of benzene rings is 10. The second kappa shape index (κ2) is 27.9. The molecule has 0 saturated heterocycles. The largest absolute Gasteiger partial charge is 4.00 e. The van der Waals surface area contributed by atoms with E-state index in [-0.39, 0.29) is 19.8 Å². The third kappa shape index (κ3) is 13.7. The van der Waals surface area contributed by atoms with Gasteiger partial charge in [-0.25, -0.2) is 9.97 Å². The number of hydrogen-bond donors (Lipinski definition) is 0. The summed E-state index contributed by atoms with van der Waals surface area (Å²) in [5.41, 5.74) is 5.28. The first-order valence-corrected chi connectivity index (χ1v) is 32.5. The summed E-state index contributed by atoms with van der Waals surface area (Å²) in [6.07, 6.45) is 11.5. The molecule has 11 aromatic rings. The maximum absolute atomic E-state index is 4.83. The van der Waals surface area contributed by atoms with Gasteiger partial charge in [-0.05, 0) is 120 Å². The van der Waals surface area contributed by atoms with Gasteiger partial charge in [0.15, 0.2) is 0 Å². The normalized spacial score (nSPS) is 12.1. The Kier molecular flexibility index (Phi) is 19.3. The zero-order valence-corrected chi connectivity index (χ0v) is 49.9. The molecule has 0 spiro atoms. The summed E-state index contributed by atoms with van der Waals surface area (Å²) >= 11 is 0. The van der Waals surface area contributed by atoms with Crippen LogP contribution >= 0.6 is 31.7 Å². The Hall–Kier alpha value is -7.54. The van der Waals surface area contributed by atoms with Crippen molar-refractivity contribution in [2.75, 3.05) is 0 Å². The number of fused-ring (bicyclic) bond motifs is 7. The van der Waals surface area contributed by atoms with Crippen molar-refractivity contribution in [3.63, 3.8) is 0 Å². The Bertz CT molecular complexity index is 3380. The Balaban J connectivity index is 0.000000134. The van der Waals surface area contributed by atoms with Gasteiger partial charge in [0.25, 0.3) is 0 Å². The zero-order chi connectivity index (χ0) is 52.6. The second-order valence-corrected chi connectivity index (χ2v) is 27.7. The van der Waals surface area contributed by atoms with Crippen LogP contribution in [0.5, 0.6) is 0 Å². The third-order valence-corrected chi connectivity index (χ3v) is 23.7. The van der Waals surface area contributed by atoms with Gasteiger partial charge in [0.05, 0.1) is 53.8 Å². The van der Waals surface area contributed by atoms with E-state index < -0.39 is 31.7 Å². The van der Waals surface area contributed by atoms with E-state index in [0.29, 0.717) is 0 Å². The summed E-state index contributed by atoms with van der Waals surface area (Å²) in [4.78, 5) is 9.65. The van der Waals surface area contributed by atoms with Crippen LogP contribution in [0.3, 0.4) is 0 Å². The van der Waals surface area contributed by atoms with E-state index >= 15 is 0 Å². The molecule has 3 heterocycles. The van der Waals surface area contributed by atoms with E-state index in [4.69, 9.17) is 9.97 Å². The van der Waals surface area contributed by atoms with Crippen LogP contribution in [0.25, 0.3) is 44.9 Å². The van der Waals surface area contributed by atoms with Crippen LogP contribution in [0.2, 0.25) is 0 Å². The minimum Gasteiger partial charge on any atom is -0.665 e. The third-order valence-electron chi connectivity index (χ3n) is 13.4. The van der Waals surface area contributed by atoms with Crippen LogP contribution in [0, 0.1) is 0 Å². The number of para-hydroxylation sites is 2. The maximum atomic E-state index is 4.83. The van der Waals surface area contributed by atoms with E-state index in [1.165, 1.54) is 42.4 Å². The molecule has 13 rings (SSSR count). The van der Waals surface area contributed by atoms with Crippen molar-refractivity contribution >= 4 is 120 Å². The first-order chi connectivity index (χ1) is 38.7. The fourth-order valence-corrected chi connectivity index (χ4v) is 19.6. The van der Waals surface area contributed by atoms with Gasteiger partial charge >= 0.3 is 19.8 Å². The summed E-state index contributed by atoms with van der Waals surface area (Å²) in [5, 5.41) is 22.4. The van der Waals surface area contributed by atoms with E-state index in [1.807, 2.05) is 48.6 Å². The molecule has 0 fully saturated rings. The Labute approximate surface area is 481 Å². The molecule has 0 unspecified atom stereocenters. The van der Waals surface area contributed by atoms with Gasteiger partial charge in [-0.2, -0.15) is 12.4 Å². The summed E-state index contributed by atoms with van der Waals surface area (Å²) in [5.74, 6) is 10.0.